The van der Waals surface area contributed by atoms with Crippen LogP contribution >= 0.6 is 0 Å². The van der Waals surface area contributed by atoms with Crippen LogP contribution in [0.1, 0.15) is 94.6 Å². The number of halogens is 6. The summed E-state index contributed by atoms with van der Waals surface area (Å²) in [4.78, 5) is 0. The first-order valence-corrected chi connectivity index (χ1v) is 13.7. The van der Waals surface area contributed by atoms with Crippen LogP contribution in [0.3, 0.4) is 0 Å². The van der Waals surface area contributed by atoms with Crippen LogP contribution in [0, 0.1) is 35.2 Å². The van der Waals surface area contributed by atoms with Crippen molar-refractivity contribution in [1.82, 2.24) is 0 Å². The summed E-state index contributed by atoms with van der Waals surface area (Å²) in [6, 6.07) is 5.90. The van der Waals surface area contributed by atoms with Gasteiger partial charge in [0.15, 0.2) is 0 Å². The Morgan fingerprint density at radius 3 is 1.92 bits per heavy atom. The van der Waals surface area contributed by atoms with Gasteiger partial charge in [-0.3, -0.25) is 0 Å². The molecular formula is C31H36F6. The van der Waals surface area contributed by atoms with Crippen LogP contribution in [0.2, 0.25) is 0 Å². The predicted octanol–water partition coefficient (Wildman–Crippen LogP) is 10.6. The third kappa shape index (κ3) is 7.20. The van der Waals surface area contributed by atoms with E-state index in [1.54, 1.807) is 0 Å². The van der Waals surface area contributed by atoms with Crippen LogP contribution in [0.4, 0.5) is 26.3 Å². The van der Waals surface area contributed by atoms with Crippen molar-refractivity contribution in [2.45, 2.75) is 89.6 Å². The minimum atomic E-state index is -4.58. The Morgan fingerprint density at radius 1 is 0.784 bits per heavy atom. The number of allylic oxidation sites excluding steroid dienone is 1. The lowest BCUT2D eigenvalue weighted by Gasteiger charge is -2.38. The van der Waals surface area contributed by atoms with Crippen molar-refractivity contribution in [3.8, 4) is 11.1 Å². The van der Waals surface area contributed by atoms with Gasteiger partial charge in [0.25, 0.3) is 0 Å². The molecule has 0 bridgehead atoms. The average Bonchev–Trinajstić information content (AvgIpc) is 2.86. The highest BCUT2D eigenvalue weighted by atomic mass is 19.4. The molecule has 0 spiro atoms. The third-order valence-electron chi connectivity index (χ3n) is 8.57. The molecule has 0 unspecified atom stereocenters. The van der Waals surface area contributed by atoms with Crippen LogP contribution < -0.4 is 0 Å². The Hall–Kier alpha value is -2.24. The van der Waals surface area contributed by atoms with Gasteiger partial charge in [-0.2, -0.15) is 13.2 Å². The second kappa shape index (κ2) is 12.1. The van der Waals surface area contributed by atoms with Crippen LogP contribution in [-0.2, 0) is 0 Å². The fraction of sp³-hybridized carbons (Fsp3) is 0.548. The van der Waals surface area contributed by atoms with E-state index in [-0.39, 0.29) is 28.7 Å². The lowest BCUT2D eigenvalue weighted by molar-refractivity contribution is -0.0790. The Balaban J connectivity index is 1.39. The highest BCUT2D eigenvalue weighted by Gasteiger charge is 2.32. The van der Waals surface area contributed by atoms with Crippen LogP contribution in [0.15, 0.2) is 36.4 Å². The standard InChI is InChI=1S/C31H36F6/c1-2-3-4-20-5-7-21(8-6-20)22-9-11-23(12-10-22)26-18-28(33)30(29(34)19-26)25-14-13-24(27(32)17-25)15-16-31(35,36)37/h13-23H,2-12H2,1H3. The molecule has 2 fully saturated rings. The van der Waals surface area contributed by atoms with Crippen molar-refractivity contribution in [2.24, 2.45) is 17.8 Å². The van der Waals surface area contributed by atoms with Crippen LogP contribution in [0.5, 0.6) is 0 Å². The van der Waals surface area contributed by atoms with Crippen molar-refractivity contribution >= 4 is 6.08 Å². The molecule has 0 atom stereocenters. The van der Waals surface area contributed by atoms with Gasteiger partial charge in [-0.15, -0.1) is 0 Å². The lowest BCUT2D eigenvalue weighted by Crippen LogP contribution is -2.25. The molecule has 6 heteroatoms. The van der Waals surface area contributed by atoms with E-state index < -0.39 is 23.6 Å². The summed E-state index contributed by atoms with van der Waals surface area (Å²) in [5.74, 6) is -0.0665. The van der Waals surface area contributed by atoms with E-state index in [1.165, 1.54) is 63.1 Å². The molecule has 2 aliphatic carbocycles. The average molecular weight is 523 g/mol. The van der Waals surface area contributed by atoms with Gasteiger partial charge in [0.2, 0.25) is 0 Å². The largest absolute Gasteiger partial charge is 0.409 e. The maximum atomic E-state index is 15.1. The van der Waals surface area contributed by atoms with Gasteiger partial charge < -0.3 is 0 Å². The Morgan fingerprint density at radius 2 is 1.38 bits per heavy atom. The second-order valence-corrected chi connectivity index (χ2v) is 11.0. The van der Waals surface area contributed by atoms with Gasteiger partial charge in [0, 0.05) is 11.6 Å². The van der Waals surface area contributed by atoms with Gasteiger partial charge in [-0.25, -0.2) is 13.2 Å². The van der Waals surface area contributed by atoms with E-state index in [0.717, 1.165) is 49.7 Å². The zero-order chi connectivity index (χ0) is 26.6. The summed E-state index contributed by atoms with van der Waals surface area (Å²) < 4.78 is 81.6. The second-order valence-electron chi connectivity index (χ2n) is 11.0. The third-order valence-corrected chi connectivity index (χ3v) is 8.57. The van der Waals surface area contributed by atoms with Crippen LogP contribution in [0.25, 0.3) is 17.2 Å². The van der Waals surface area contributed by atoms with E-state index >= 15 is 8.78 Å². The van der Waals surface area contributed by atoms with E-state index in [2.05, 4.69) is 6.92 Å². The van der Waals surface area contributed by atoms with E-state index in [0.29, 0.717) is 17.6 Å². The summed E-state index contributed by atoms with van der Waals surface area (Å²) in [6.45, 7) is 2.25. The Bertz CT molecular complexity index is 1050. The Kier molecular flexibility index (Phi) is 9.07. The predicted molar refractivity (Wildman–Crippen MR) is 137 cm³/mol. The monoisotopic (exact) mass is 522 g/mol. The van der Waals surface area contributed by atoms with Gasteiger partial charge in [0.1, 0.15) is 17.5 Å². The molecule has 0 amide bonds. The fourth-order valence-electron chi connectivity index (χ4n) is 6.47. The van der Waals surface area contributed by atoms with Gasteiger partial charge in [0.05, 0.1) is 5.56 Å². The van der Waals surface area contributed by atoms with Gasteiger partial charge in [-0.1, -0.05) is 51.2 Å². The zero-order valence-electron chi connectivity index (χ0n) is 21.4. The molecule has 202 valence electrons. The topological polar surface area (TPSA) is 0 Å². The molecule has 37 heavy (non-hydrogen) atoms. The number of unbranched alkanes of at least 4 members (excludes halogenated alkanes) is 1. The highest BCUT2D eigenvalue weighted by Crippen LogP contribution is 2.45. The number of hydrogen-bond donors (Lipinski definition) is 0. The van der Waals surface area contributed by atoms with Gasteiger partial charge in [-0.05, 0) is 97.6 Å². The highest BCUT2D eigenvalue weighted by molar-refractivity contribution is 5.68. The first-order chi connectivity index (χ1) is 17.6. The summed E-state index contributed by atoms with van der Waals surface area (Å²) in [6.07, 6.45) is 9.16. The fourth-order valence-corrected chi connectivity index (χ4v) is 6.47. The molecule has 0 N–H and O–H groups in total. The first-order valence-electron chi connectivity index (χ1n) is 13.7. The maximum Gasteiger partial charge on any atom is 0.409 e. The number of rotatable bonds is 7. The Labute approximate surface area is 216 Å². The van der Waals surface area contributed by atoms with Crippen molar-refractivity contribution in [1.29, 1.82) is 0 Å². The smallest absolute Gasteiger partial charge is 0.206 e. The number of alkyl halides is 3. The van der Waals surface area contributed by atoms with Crippen molar-refractivity contribution in [2.75, 3.05) is 0 Å². The molecule has 2 aromatic carbocycles. The van der Waals surface area contributed by atoms with Crippen molar-refractivity contribution in [3.63, 3.8) is 0 Å². The molecule has 0 aliphatic heterocycles. The van der Waals surface area contributed by atoms with Crippen LogP contribution in [-0.4, -0.2) is 6.18 Å². The minimum absolute atomic E-state index is 0.0403. The van der Waals surface area contributed by atoms with E-state index in [1.807, 2.05) is 0 Å². The number of benzene rings is 2. The molecule has 0 heterocycles. The maximum absolute atomic E-state index is 15.1. The SMILES string of the molecule is CCCCC1CCC(C2CCC(c3cc(F)c(-c4ccc(C=CC(F)(F)F)c(F)c4)c(F)c3)CC2)CC1. The summed E-state index contributed by atoms with van der Waals surface area (Å²) >= 11 is 0. The lowest BCUT2D eigenvalue weighted by atomic mass is 9.68. The molecule has 4 rings (SSSR count). The summed E-state index contributed by atoms with van der Waals surface area (Å²) in [5, 5.41) is 0. The molecule has 0 saturated heterocycles. The molecule has 2 aromatic rings. The van der Waals surface area contributed by atoms with Crippen molar-refractivity contribution in [3.05, 3.63) is 65.0 Å². The van der Waals surface area contributed by atoms with E-state index in [4.69, 9.17) is 0 Å². The van der Waals surface area contributed by atoms with Crippen molar-refractivity contribution < 1.29 is 26.3 Å². The summed E-state index contributed by atoms with van der Waals surface area (Å²) in [7, 11) is 0. The normalized spacial score (nSPS) is 25.1. The van der Waals surface area contributed by atoms with E-state index in [9.17, 15) is 17.6 Å². The molecular weight excluding hydrogens is 486 g/mol. The molecule has 0 nitrogen and oxygen atoms in total. The zero-order valence-corrected chi connectivity index (χ0v) is 21.4. The minimum Gasteiger partial charge on any atom is -0.206 e. The first kappa shape index (κ1) is 27.8. The summed E-state index contributed by atoms with van der Waals surface area (Å²) in [5.41, 5.74) is -0.0700. The molecule has 2 aliphatic rings. The molecule has 2 saturated carbocycles. The number of hydrogen-bond acceptors (Lipinski definition) is 0. The molecule has 0 aromatic heterocycles. The quantitative estimate of drug-likeness (QED) is 0.317. The molecule has 0 radical (unpaired) electrons. The van der Waals surface area contributed by atoms with Gasteiger partial charge >= 0.3 is 6.18 Å².